The van der Waals surface area contributed by atoms with Crippen LogP contribution in [0.15, 0.2) is 0 Å². The normalized spacial score (nSPS) is 21.0. The van der Waals surface area contributed by atoms with Crippen LogP contribution in [0.4, 0.5) is 0 Å². The zero-order valence-corrected chi connectivity index (χ0v) is 69.2. The summed E-state index contributed by atoms with van der Waals surface area (Å²) in [5.74, 6) is 4.01. The third-order valence-electron chi connectivity index (χ3n) is 10.7. The standard InChI is InChI=1S/C48H112O12S16Si4/c1-17-43-61-69-73(77(49-21-5,50-22-6)51-23-7)65-47(66-74(70-62-44-18-2)78(52-24-8,53-25-9)54-26-10)41-39-37-35-33-34-36-38-40-42-48(47,67-75(71-63-45-19-3)79(55-27-11,56-28-12)57-29-13)68-76(72-64-46-20-4)80(58-30-14,59-31-15)60-32-16/h73-76H,17-46H2,1-16H3. The lowest BCUT2D eigenvalue weighted by Crippen LogP contribution is -2.52. The Hall–Kier alpha value is 5.99. The van der Waals surface area contributed by atoms with Gasteiger partial charge in [0.15, 0.2) is 0 Å². The van der Waals surface area contributed by atoms with E-state index in [1.54, 1.807) is 0 Å². The van der Waals surface area contributed by atoms with Gasteiger partial charge in [-0.15, -0.1) is 0 Å². The summed E-state index contributed by atoms with van der Waals surface area (Å²) < 4.78 is 85.4. The molecule has 32 heteroatoms. The molecule has 0 aromatic rings. The maximum Gasteiger partial charge on any atom is 0.573 e. The van der Waals surface area contributed by atoms with Gasteiger partial charge in [0.25, 0.3) is 0 Å². The summed E-state index contributed by atoms with van der Waals surface area (Å²) in [6, 6.07) is 0. The van der Waals surface area contributed by atoms with Crippen molar-refractivity contribution in [3.8, 4) is 0 Å². The second-order valence-corrected chi connectivity index (χ2v) is 77.5. The number of rotatable bonds is 52. The molecule has 0 saturated heterocycles. The molecule has 0 amide bonds. The number of thiol groups is 4. The van der Waals surface area contributed by atoms with Crippen LogP contribution in [0.3, 0.4) is 0 Å². The summed E-state index contributed by atoms with van der Waals surface area (Å²) in [6.45, 7) is 40.4. The smallest absolute Gasteiger partial charge is 0.366 e. The summed E-state index contributed by atoms with van der Waals surface area (Å²) >= 11 is 0. The van der Waals surface area contributed by atoms with Crippen molar-refractivity contribution in [2.75, 3.05) is 102 Å². The average molecular weight is 1510 g/mol. The molecule has 0 aromatic heterocycles. The molecule has 80 heavy (non-hydrogen) atoms. The van der Waals surface area contributed by atoms with Gasteiger partial charge in [0.05, 0.1) is 0 Å². The summed E-state index contributed by atoms with van der Waals surface area (Å²) in [5, 5.41) is 0. The summed E-state index contributed by atoms with van der Waals surface area (Å²) in [5.41, 5.74) is 0. The van der Waals surface area contributed by atoms with Gasteiger partial charge in [-0.2, -0.15) is 0 Å². The summed E-state index contributed by atoms with van der Waals surface area (Å²) in [7, 11) is 5.48. The summed E-state index contributed by atoms with van der Waals surface area (Å²) in [4.78, 5) is 0. The van der Waals surface area contributed by atoms with Crippen LogP contribution >= 0.6 is 159 Å². The molecular weight excluding hydrogens is 1390 g/mol. The van der Waals surface area contributed by atoms with Crippen LogP contribution in [-0.4, -0.2) is 142 Å². The Morgan fingerprint density at radius 1 is 0.263 bits per heavy atom. The lowest BCUT2D eigenvalue weighted by Gasteiger charge is -2.56. The first-order valence-electron chi connectivity index (χ1n) is 29.7. The molecule has 12 nitrogen and oxygen atoms in total. The molecule has 0 aliphatic heterocycles. The van der Waals surface area contributed by atoms with E-state index in [0.29, 0.717) is 79.3 Å². The van der Waals surface area contributed by atoms with Crippen LogP contribution in [0.5, 0.6) is 0 Å². The lowest BCUT2D eigenvalue weighted by molar-refractivity contribution is 0.0961. The minimum absolute atomic E-state index is 0.494. The van der Waals surface area contributed by atoms with Crippen molar-refractivity contribution in [2.24, 2.45) is 0 Å². The first-order valence-corrected chi connectivity index (χ1v) is 62.7. The van der Waals surface area contributed by atoms with E-state index in [1.807, 2.05) is 82.5 Å². The third kappa shape index (κ3) is 28.7. The molecule has 0 bridgehead atoms. The van der Waals surface area contributed by atoms with Crippen molar-refractivity contribution >= 4 is 191 Å². The quantitative estimate of drug-likeness (QED) is 0.0152. The summed E-state index contributed by atoms with van der Waals surface area (Å²) in [6.07, 6.45) is 15.3. The van der Waals surface area contributed by atoms with E-state index in [1.165, 1.54) is 25.7 Å². The van der Waals surface area contributed by atoms with Gasteiger partial charge in [-0.25, -0.2) is 0 Å². The molecule has 4 unspecified atom stereocenters. The van der Waals surface area contributed by atoms with Crippen LogP contribution in [-0.2, 0) is 53.1 Å². The molecule has 488 valence electrons. The van der Waals surface area contributed by atoms with Crippen molar-refractivity contribution in [3.05, 3.63) is 0 Å². The van der Waals surface area contributed by atoms with Crippen molar-refractivity contribution in [1.29, 1.82) is 0 Å². The van der Waals surface area contributed by atoms with E-state index in [-0.39, 0.29) is 0 Å². The predicted octanol–water partition coefficient (Wildman–Crippen LogP) is 20.9. The highest BCUT2D eigenvalue weighted by atomic mass is 33.8. The SMILES string of the molecule is CCCSS[SH](SC1(S[SH](SSCCC)[Si](OCC)(OCC)OCC)CCCCCCCCCCC1(S[SH](SSCCC)[Si](OCC)(OCC)OCC)S[SH](SSCCC)[Si](OCC)(OCC)OCC)[Si](OCC)(OCC)OCC. The Morgan fingerprint density at radius 3 is 0.575 bits per heavy atom. The van der Waals surface area contributed by atoms with E-state index in [4.69, 9.17) is 53.1 Å². The Bertz CT molecular complexity index is 1220. The van der Waals surface area contributed by atoms with E-state index >= 15 is 0 Å². The highest BCUT2D eigenvalue weighted by molar-refractivity contribution is 9.43. The monoisotopic (exact) mass is 1500 g/mol. The van der Waals surface area contributed by atoms with Gasteiger partial charge >= 0.3 is 31.8 Å². The van der Waals surface area contributed by atoms with Crippen molar-refractivity contribution in [2.45, 2.75) is 209 Å². The zero-order valence-electron chi connectivity index (χ0n) is 51.8. The first kappa shape index (κ1) is 84.0. The maximum absolute atomic E-state index is 7.22. The Labute approximate surface area is 548 Å². The predicted molar refractivity (Wildman–Crippen MR) is 402 cm³/mol. The third-order valence-corrected chi connectivity index (χ3v) is 96.7. The molecule has 0 spiro atoms. The van der Waals surface area contributed by atoms with Crippen molar-refractivity contribution in [3.63, 3.8) is 0 Å². The Kier molecular flexibility index (Phi) is 54.0. The van der Waals surface area contributed by atoms with Gasteiger partial charge in [-0.1, -0.05) is 199 Å². The molecule has 1 rings (SSSR count). The molecule has 1 fully saturated rings. The molecule has 0 radical (unpaired) electrons. The van der Waals surface area contributed by atoms with Gasteiger partial charge in [0, 0.05) is 102 Å². The van der Waals surface area contributed by atoms with Gasteiger partial charge in [0.2, 0.25) is 0 Å². The average Bonchev–Trinajstić information content (AvgIpc) is 3.42. The fraction of sp³-hybridized carbons (Fsp3) is 1.00. The molecule has 1 saturated carbocycles. The van der Waals surface area contributed by atoms with Crippen molar-refractivity contribution < 1.29 is 53.1 Å². The van der Waals surface area contributed by atoms with Gasteiger partial charge in [-0.3, -0.25) is 0 Å². The maximum atomic E-state index is 7.22. The molecule has 0 heterocycles. The van der Waals surface area contributed by atoms with Crippen LogP contribution < -0.4 is 0 Å². The Balaban J connectivity index is 5.55. The molecule has 0 aromatic carbocycles. The van der Waals surface area contributed by atoms with E-state index in [0.717, 1.165) is 87.2 Å². The number of hydrogen-bond acceptors (Lipinski definition) is 24. The first-order chi connectivity index (χ1) is 38.8. The molecule has 1 aliphatic carbocycles. The zero-order chi connectivity index (χ0) is 59.5. The van der Waals surface area contributed by atoms with Crippen molar-refractivity contribution in [1.82, 2.24) is 0 Å². The van der Waals surface area contributed by atoms with Gasteiger partial charge in [-0.05, 0) is 161 Å². The molecule has 1 aliphatic rings. The van der Waals surface area contributed by atoms with E-state index in [9.17, 15) is 0 Å². The topological polar surface area (TPSA) is 111 Å². The van der Waals surface area contributed by atoms with Crippen LogP contribution in [0.25, 0.3) is 0 Å². The second-order valence-electron chi connectivity index (χ2n) is 17.1. The van der Waals surface area contributed by atoms with E-state index < -0.39 is 73.6 Å². The highest BCUT2D eigenvalue weighted by Gasteiger charge is 2.67. The second kappa shape index (κ2) is 51.4. The van der Waals surface area contributed by atoms with Gasteiger partial charge in [0.1, 0.15) is 8.16 Å². The van der Waals surface area contributed by atoms with Crippen LogP contribution in [0.1, 0.15) is 201 Å². The minimum Gasteiger partial charge on any atom is -0.366 e. The van der Waals surface area contributed by atoms with E-state index in [2.05, 4.69) is 154 Å². The van der Waals surface area contributed by atoms with Crippen LogP contribution in [0, 0.1) is 0 Å². The number of hydrogen-bond donors (Lipinski definition) is 4. The fourth-order valence-corrected chi connectivity index (χ4v) is 113. The lowest BCUT2D eigenvalue weighted by atomic mass is 9.99. The minimum atomic E-state index is -3.48. The molecular formula is C48H112O12S16Si4. The fourth-order valence-electron chi connectivity index (χ4n) is 7.65. The largest absolute Gasteiger partial charge is 0.573 e. The Morgan fingerprint density at radius 2 is 0.425 bits per heavy atom. The van der Waals surface area contributed by atoms with Crippen LogP contribution in [0.2, 0.25) is 0 Å². The van der Waals surface area contributed by atoms with Gasteiger partial charge < -0.3 is 53.1 Å². The highest BCUT2D eigenvalue weighted by Crippen LogP contribution is 2.86. The molecule has 4 atom stereocenters. The molecule has 0 N–H and O–H groups in total.